The van der Waals surface area contributed by atoms with Gasteiger partial charge in [-0.25, -0.2) is 0 Å². The second kappa shape index (κ2) is 15.3. The number of thioether (sulfide) groups is 1. The molecule has 4 aromatic carbocycles. The van der Waals surface area contributed by atoms with E-state index in [2.05, 4.69) is 10.6 Å². The third-order valence-corrected chi connectivity index (χ3v) is 7.25. The lowest BCUT2D eigenvalue weighted by Gasteiger charge is -2.13. The van der Waals surface area contributed by atoms with Crippen LogP contribution in [0.2, 0.25) is 0 Å². The van der Waals surface area contributed by atoms with Crippen LogP contribution in [0.25, 0.3) is 6.08 Å². The van der Waals surface area contributed by atoms with Crippen molar-refractivity contribution >= 4 is 41.1 Å². The number of hydrogen-bond donors (Lipinski definition) is 2. The van der Waals surface area contributed by atoms with Gasteiger partial charge >= 0.3 is 0 Å². The summed E-state index contributed by atoms with van der Waals surface area (Å²) < 4.78 is 16.2. The van der Waals surface area contributed by atoms with Gasteiger partial charge in [0.1, 0.15) is 22.9 Å². The molecule has 43 heavy (non-hydrogen) atoms. The first-order chi connectivity index (χ1) is 20.9. The zero-order valence-corrected chi connectivity index (χ0v) is 24.9. The van der Waals surface area contributed by atoms with E-state index in [1.54, 1.807) is 84.9 Å². The van der Waals surface area contributed by atoms with Crippen molar-refractivity contribution in [2.24, 2.45) is 0 Å². The highest BCUT2D eigenvalue weighted by Crippen LogP contribution is 2.27. The largest absolute Gasteiger partial charge is 0.497 e. The Morgan fingerprint density at radius 1 is 0.791 bits per heavy atom. The van der Waals surface area contributed by atoms with Crippen molar-refractivity contribution < 1.29 is 28.6 Å². The summed E-state index contributed by atoms with van der Waals surface area (Å²) in [6.07, 6.45) is 1.54. The summed E-state index contributed by atoms with van der Waals surface area (Å²) in [5.41, 5.74) is 2.10. The monoisotopic (exact) mass is 596 g/mol. The lowest BCUT2D eigenvalue weighted by atomic mass is 10.1. The fraction of sp³-hybridized carbons (Fsp3) is 0.147. The number of rotatable bonds is 13. The highest BCUT2D eigenvalue weighted by atomic mass is 32.2. The Hall–Kier alpha value is -5.02. The SMILES string of the molecule is CCOc1ccc(C(=O)CSc2ccc(NC(=O)/C(=C/c3cc(OC)ccc3OC)NC(=O)c3ccccc3)cc2)cc1. The smallest absolute Gasteiger partial charge is 0.272 e. The highest BCUT2D eigenvalue weighted by Gasteiger charge is 2.17. The van der Waals surface area contributed by atoms with Gasteiger partial charge in [-0.2, -0.15) is 0 Å². The van der Waals surface area contributed by atoms with Gasteiger partial charge in [0, 0.05) is 27.3 Å². The minimum Gasteiger partial charge on any atom is -0.497 e. The minimum atomic E-state index is -0.528. The molecule has 0 heterocycles. The molecule has 4 aromatic rings. The third-order valence-electron chi connectivity index (χ3n) is 6.23. The predicted octanol–water partition coefficient (Wildman–Crippen LogP) is 6.49. The Kier molecular flexibility index (Phi) is 11.0. The number of anilines is 1. The minimum absolute atomic E-state index is 0.00216. The molecule has 0 saturated carbocycles. The lowest BCUT2D eigenvalue weighted by Crippen LogP contribution is -2.30. The molecule has 0 unspecified atom stereocenters. The maximum atomic E-state index is 13.4. The van der Waals surface area contributed by atoms with Crippen LogP contribution >= 0.6 is 11.8 Å². The quantitative estimate of drug-likeness (QED) is 0.103. The van der Waals surface area contributed by atoms with Crippen molar-refractivity contribution in [2.75, 3.05) is 31.9 Å². The number of carbonyl (C=O) groups excluding carboxylic acids is 3. The van der Waals surface area contributed by atoms with E-state index in [1.807, 2.05) is 19.1 Å². The molecule has 4 rings (SSSR count). The van der Waals surface area contributed by atoms with Crippen molar-refractivity contribution in [1.82, 2.24) is 5.32 Å². The van der Waals surface area contributed by atoms with Crippen molar-refractivity contribution in [3.05, 3.63) is 119 Å². The Balaban J connectivity index is 1.47. The number of amides is 2. The van der Waals surface area contributed by atoms with Crippen molar-refractivity contribution in [3.63, 3.8) is 0 Å². The van der Waals surface area contributed by atoms with Crippen LogP contribution in [0.15, 0.2) is 108 Å². The van der Waals surface area contributed by atoms with Crippen molar-refractivity contribution in [2.45, 2.75) is 11.8 Å². The van der Waals surface area contributed by atoms with E-state index in [0.717, 1.165) is 10.6 Å². The number of ether oxygens (including phenoxy) is 3. The van der Waals surface area contributed by atoms with Crippen LogP contribution in [-0.4, -0.2) is 44.2 Å². The second-order valence-electron chi connectivity index (χ2n) is 9.13. The molecule has 220 valence electrons. The van der Waals surface area contributed by atoms with E-state index < -0.39 is 11.8 Å². The molecular formula is C34H32N2O6S. The molecule has 0 saturated heterocycles. The van der Waals surface area contributed by atoms with Gasteiger partial charge in [0.25, 0.3) is 11.8 Å². The Morgan fingerprint density at radius 2 is 1.49 bits per heavy atom. The fourth-order valence-electron chi connectivity index (χ4n) is 4.02. The van der Waals surface area contributed by atoms with E-state index in [1.165, 1.54) is 32.1 Å². The van der Waals surface area contributed by atoms with Crippen molar-refractivity contribution in [1.29, 1.82) is 0 Å². The Labute approximate surface area is 255 Å². The van der Waals surface area contributed by atoms with Crippen molar-refractivity contribution in [3.8, 4) is 17.2 Å². The van der Waals surface area contributed by atoms with Gasteiger partial charge in [0.15, 0.2) is 5.78 Å². The van der Waals surface area contributed by atoms with Gasteiger partial charge in [0.05, 0.1) is 26.6 Å². The average Bonchev–Trinajstić information content (AvgIpc) is 3.04. The van der Waals surface area contributed by atoms with E-state index in [0.29, 0.717) is 40.5 Å². The zero-order valence-electron chi connectivity index (χ0n) is 24.1. The highest BCUT2D eigenvalue weighted by molar-refractivity contribution is 8.00. The molecule has 0 atom stereocenters. The molecule has 0 spiro atoms. The number of nitrogens with one attached hydrogen (secondary N) is 2. The van der Waals surface area contributed by atoms with Gasteiger partial charge in [-0.15, -0.1) is 11.8 Å². The molecule has 0 fully saturated rings. The Bertz CT molecular complexity index is 1590. The number of benzene rings is 4. The summed E-state index contributed by atoms with van der Waals surface area (Å²) in [6.45, 7) is 2.47. The molecule has 0 aliphatic rings. The van der Waals surface area contributed by atoms with Gasteiger partial charge in [0.2, 0.25) is 0 Å². The third kappa shape index (κ3) is 8.73. The van der Waals surface area contributed by atoms with Gasteiger partial charge in [-0.05, 0) is 91.9 Å². The molecule has 0 bridgehead atoms. The van der Waals surface area contributed by atoms with Crippen LogP contribution in [-0.2, 0) is 4.79 Å². The first kappa shape index (κ1) is 30.9. The molecule has 2 amide bonds. The van der Waals surface area contributed by atoms with Gasteiger partial charge in [-0.3, -0.25) is 14.4 Å². The first-order valence-electron chi connectivity index (χ1n) is 13.5. The normalized spacial score (nSPS) is 10.9. The van der Waals surface area contributed by atoms with Crippen LogP contribution < -0.4 is 24.8 Å². The van der Waals surface area contributed by atoms with Gasteiger partial charge < -0.3 is 24.8 Å². The lowest BCUT2D eigenvalue weighted by molar-refractivity contribution is -0.113. The summed E-state index contributed by atoms with van der Waals surface area (Å²) in [4.78, 5) is 39.9. The molecule has 0 aliphatic carbocycles. The summed E-state index contributed by atoms with van der Waals surface area (Å²) in [5, 5.41) is 5.56. The van der Waals surface area contributed by atoms with E-state index in [4.69, 9.17) is 14.2 Å². The number of carbonyl (C=O) groups is 3. The maximum Gasteiger partial charge on any atom is 0.272 e. The molecular weight excluding hydrogens is 564 g/mol. The molecule has 0 radical (unpaired) electrons. The van der Waals surface area contributed by atoms with E-state index in [-0.39, 0.29) is 17.2 Å². The number of ketones is 1. The van der Waals surface area contributed by atoms with Crippen LogP contribution in [0.1, 0.15) is 33.2 Å². The predicted molar refractivity (Wildman–Crippen MR) is 169 cm³/mol. The Morgan fingerprint density at radius 3 is 2.14 bits per heavy atom. The molecule has 0 aliphatic heterocycles. The number of Topliss-reactive ketones (excluding diaryl/α,β-unsaturated/α-hetero) is 1. The standard InChI is InChI=1S/C34H32N2O6S/c1-4-42-27-14-10-23(11-15-27)31(37)22-43-29-17-12-26(13-18-29)35-34(39)30(36-33(38)24-8-6-5-7-9-24)21-25-20-28(40-2)16-19-32(25)41-3/h5-21H,4,22H2,1-3H3,(H,35,39)(H,36,38)/b30-21-. The average molecular weight is 597 g/mol. The topological polar surface area (TPSA) is 103 Å². The fourth-order valence-corrected chi connectivity index (χ4v) is 4.81. The molecule has 0 aromatic heterocycles. The van der Waals surface area contributed by atoms with E-state index >= 15 is 0 Å². The summed E-state index contributed by atoms with van der Waals surface area (Å²) in [6, 6.07) is 28.0. The summed E-state index contributed by atoms with van der Waals surface area (Å²) >= 11 is 1.40. The van der Waals surface area contributed by atoms with Crippen LogP contribution in [0.5, 0.6) is 17.2 Å². The molecule has 8 nitrogen and oxygen atoms in total. The van der Waals surface area contributed by atoms with Crippen LogP contribution in [0.4, 0.5) is 5.69 Å². The van der Waals surface area contributed by atoms with Crippen LogP contribution in [0, 0.1) is 0 Å². The molecule has 2 N–H and O–H groups in total. The second-order valence-corrected chi connectivity index (χ2v) is 10.2. The summed E-state index contributed by atoms with van der Waals surface area (Å²) in [7, 11) is 3.06. The maximum absolute atomic E-state index is 13.4. The molecule has 9 heteroatoms. The summed E-state index contributed by atoms with van der Waals surface area (Å²) in [5.74, 6) is 1.09. The first-order valence-corrected chi connectivity index (χ1v) is 14.5. The zero-order chi connectivity index (χ0) is 30.6. The number of hydrogen-bond acceptors (Lipinski definition) is 7. The van der Waals surface area contributed by atoms with E-state index in [9.17, 15) is 14.4 Å². The van der Waals surface area contributed by atoms with Crippen LogP contribution in [0.3, 0.4) is 0 Å². The van der Waals surface area contributed by atoms with Gasteiger partial charge in [-0.1, -0.05) is 18.2 Å². The number of methoxy groups -OCH3 is 2.